The van der Waals surface area contributed by atoms with Gasteiger partial charge in [0.15, 0.2) is 0 Å². The normalized spacial score (nSPS) is 11.5. The van der Waals surface area contributed by atoms with Crippen LogP contribution in [0.5, 0.6) is 0 Å². The van der Waals surface area contributed by atoms with Crippen molar-refractivity contribution < 1.29 is 4.74 Å². The van der Waals surface area contributed by atoms with Crippen molar-refractivity contribution in [2.75, 3.05) is 19.8 Å². The van der Waals surface area contributed by atoms with Gasteiger partial charge in [-0.15, -0.1) is 11.3 Å². The average molecular weight is 257 g/mol. The third-order valence-corrected chi connectivity index (χ3v) is 2.62. The second-order valence-corrected chi connectivity index (χ2v) is 3.98. The quantitative estimate of drug-likeness (QED) is 0.217. The summed E-state index contributed by atoms with van der Waals surface area (Å²) in [4.78, 5) is 8.41. The molecule has 0 saturated carbocycles. The number of nitrogens with zero attached hydrogens (tertiary/aromatic N) is 2. The highest BCUT2D eigenvalue weighted by molar-refractivity contribution is 7.07. The molecule has 1 aromatic rings. The van der Waals surface area contributed by atoms with Crippen LogP contribution in [0.4, 0.5) is 0 Å². The molecule has 96 valence electrons. The Balaban J connectivity index is 2.20. The Morgan fingerprint density at radius 2 is 2.53 bits per heavy atom. The molecule has 0 radical (unpaired) electrons. The Bertz CT molecular complexity index is 315. The van der Waals surface area contributed by atoms with Crippen molar-refractivity contribution >= 4 is 17.3 Å². The summed E-state index contributed by atoms with van der Waals surface area (Å²) in [5.74, 6) is 5.94. The van der Waals surface area contributed by atoms with Crippen LogP contribution in [-0.2, 0) is 11.3 Å². The van der Waals surface area contributed by atoms with Crippen LogP contribution in [0.15, 0.2) is 15.9 Å². The lowest BCUT2D eigenvalue weighted by Gasteiger charge is -2.08. The molecule has 0 saturated heterocycles. The van der Waals surface area contributed by atoms with Crippen LogP contribution in [0.1, 0.15) is 19.0 Å². The summed E-state index contributed by atoms with van der Waals surface area (Å²) in [6, 6.07) is 0. The van der Waals surface area contributed by atoms with E-state index in [1.807, 2.05) is 12.3 Å². The molecule has 17 heavy (non-hydrogen) atoms. The number of hydrazine groups is 1. The second kappa shape index (κ2) is 8.91. The molecule has 0 bridgehead atoms. The van der Waals surface area contributed by atoms with Gasteiger partial charge in [-0.05, 0) is 13.3 Å². The molecule has 0 aromatic carbocycles. The zero-order chi connectivity index (χ0) is 12.3. The van der Waals surface area contributed by atoms with Crippen LogP contribution in [0.3, 0.4) is 0 Å². The largest absolute Gasteiger partial charge is 0.382 e. The third-order valence-electron chi connectivity index (χ3n) is 1.98. The summed E-state index contributed by atoms with van der Waals surface area (Å²) in [7, 11) is 0. The summed E-state index contributed by atoms with van der Waals surface area (Å²) in [6.45, 7) is 4.78. The monoisotopic (exact) mass is 257 g/mol. The highest BCUT2D eigenvalue weighted by atomic mass is 32.1. The molecular formula is C10H19N5OS. The lowest BCUT2D eigenvalue weighted by molar-refractivity contribution is 0.145. The summed E-state index contributed by atoms with van der Waals surface area (Å²) < 4.78 is 5.23. The number of thiazole rings is 1. The molecule has 0 aliphatic heterocycles. The van der Waals surface area contributed by atoms with Gasteiger partial charge in [0.2, 0.25) is 5.96 Å². The van der Waals surface area contributed by atoms with E-state index in [4.69, 9.17) is 10.6 Å². The molecule has 1 heterocycles. The number of nitrogens with two attached hydrogens (primary N) is 1. The van der Waals surface area contributed by atoms with Crippen molar-refractivity contribution in [2.45, 2.75) is 19.9 Å². The number of hydrogen-bond acceptors (Lipinski definition) is 5. The molecule has 1 rings (SSSR count). The van der Waals surface area contributed by atoms with Gasteiger partial charge in [-0.3, -0.25) is 5.43 Å². The lowest BCUT2D eigenvalue weighted by atomic mass is 10.4. The predicted molar refractivity (Wildman–Crippen MR) is 69.7 cm³/mol. The van der Waals surface area contributed by atoms with Gasteiger partial charge in [0.05, 0.1) is 17.7 Å². The molecule has 0 atom stereocenters. The molecule has 0 spiro atoms. The fourth-order valence-corrected chi connectivity index (χ4v) is 1.70. The van der Waals surface area contributed by atoms with Crippen LogP contribution in [0.25, 0.3) is 0 Å². The SMILES string of the molecule is CCOCCCNC(=NCc1cscn1)NN. The number of rotatable bonds is 7. The maximum atomic E-state index is 5.36. The van der Waals surface area contributed by atoms with Crippen LogP contribution in [-0.4, -0.2) is 30.7 Å². The minimum Gasteiger partial charge on any atom is -0.382 e. The molecule has 0 amide bonds. The average Bonchev–Trinajstić information content (AvgIpc) is 2.86. The van der Waals surface area contributed by atoms with Crippen molar-refractivity contribution in [3.8, 4) is 0 Å². The molecule has 4 N–H and O–H groups in total. The highest BCUT2D eigenvalue weighted by Gasteiger charge is 1.97. The number of hydrogen-bond donors (Lipinski definition) is 3. The van der Waals surface area contributed by atoms with E-state index in [1.165, 1.54) is 0 Å². The molecule has 6 nitrogen and oxygen atoms in total. The van der Waals surface area contributed by atoms with E-state index < -0.39 is 0 Å². The van der Waals surface area contributed by atoms with E-state index in [2.05, 4.69) is 20.7 Å². The second-order valence-electron chi connectivity index (χ2n) is 3.27. The Hall–Kier alpha value is -1.18. The number of nitrogens with one attached hydrogen (secondary N) is 2. The Morgan fingerprint density at radius 1 is 1.65 bits per heavy atom. The van der Waals surface area contributed by atoms with Gasteiger partial charge < -0.3 is 10.1 Å². The number of guanidine groups is 1. The standard InChI is InChI=1S/C10H19N5OS/c1-2-16-5-3-4-12-10(15-11)13-6-9-7-17-8-14-9/h7-8H,2-6,11H2,1H3,(H2,12,13,15). The van der Waals surface area contributed by atoms with Gasteiger partial charge >= 0.3 is 0 Å². The zero-order valence-corrected chi connectivity index (χ0v) is 10.8. The van der Waals surface area contributed by atoms with E-state index in [0.29, 0.717) is 12.5 Å². The van der Waals surface area contributed by atoms with E-state index in [0.717, 1.165) is 31.9 Å². The zero-order valence-electron chi connectivity index (χ0n) is 9.98. The van der Waals surface area contributed by atoms with Gasteiger partial charge in [0.25, 0.3) is 0 Å². The third kappa shape index (κ3) is 6.20. The Kier molecular flexibility index (Phi) is 7.28. The molecule has 7 heteroatoms. The fourth-order valence-electron chi connectivity index (χ4n) is 1.15. The fraction of sp³-hybridized carbons (Fsp3) is 0.600. The van der Waals surface area contributed by atoms with Crippen LogP contribution >= 0.6 is 11.3 Å². The predicted octanol–water partition coefficient (Wildman–Crippen LogP) is 0.479. The summed E-state index contributed by atoms with van der Waals surface area (Å²) in [6.07, 6.45) is 0.922. The summed E-state index contributed by atoms with van der Waals surface area (Å²) in [5.41, 5.74) is 5.26. The Labute approximate surface area is 105 Å². The first-order valence-electron chi connectivity index (χ1n) is 5.56. The highest BCUT2D eigenvalue weighted by Crippen LogP contribution is 2.01. The first-order chi connectivity index (χ1) is 8.36. The van der Waals surface area contributed by atoms with Gasteiger partial charge in [-0.2, -0.15) is 0 Å². The maximum absolute atomic E-state index is 5.36. The number of aliphatic imine (C=N–C) groups is 1. The number of ether oxygens (including phenoxy) is 1. The van der Waals surface area contributed by atoms with Crippen molar-refractivity contribution in [1.29, 1.82) is 0 Å². The van der Waals surface area contributed by atoms with Crippen molar-refractivity contribution in [3.05, 3.63) is 16.6 Å². The first-order valence-corrected chi connectivity index (χ1v) is 6.50. The maximum Gasteiger partial charge on any atom is 0.206 e. The van der Waals surface area contributed by atoms with Gasteiger partial charge in [0.1, 0.15) is 0 Å². The van der Waals surface area contributed by atoms with Crippen molar-refractivity contribution in [1.82, 2.24) is 15.7 Å². The van der Waals surface area contributed by atoms with Gasteiger partial charge in [-0.1, -0.05) is 0 Å². The minimum absolute atomic E-state index is 0.529. The molecule has 0 unspecified atom stereocenters. The van der Waals surface area contributed by atoms with E-state index in [-0.39, 0.29) is 0 Å². The van der Waals surface area contributed by atoms with Gasteiger partial charge in [-0.25, -0.2) is 15.8 Å². The van der Waals surface area contributed by atoms with Crippen LogP contribution in [0.2, 0.25) is 0 Å². The van der Waals surface area contributed by atoms with Crippen LogP contribution < -0.4 is 16.6 Å². The number of aromatic nitrogens is 1. The smallest absolute Gasteiger partial charge is 0.206 e. The molecular weight excluding hydrogens is 238 g/mol. The molecule has 0 fully saturated rings. The van der Waals surface area contributed by atoms with Crippen LogP contribution in [0, 0.1) is 0 Å². The molecule has 0 aliphatic rings. The van der Waals surface area contributed by atoms with E-state index >= 15 is 0 Å². The lowest BCUT2D eigenvalue weighted by Crippen LogP contribution is -2.42. The van der Waals surface area contributed by atoms with Crippen molar-refractivity contribution in [2.24, 2.45) is 10.8 Å². The summed E-state index contributed by atoms with van der Waals surface area (Å²) >= 11 is 1.56. The van der Waals surface area contributed by atoms with Gasteiger partial charge in [0, 0.05) is 25.1 Å². The van der Waals surface area contributed by atoms with E-state index in [1.54, 1.807) is 16.8 Å². The van der Waals surface area contributed by atoms with Crippen molar-refractivity contribution in [3.63, 3.8) is 0 Å². The molecule has 1 aromatic heterocycles. The topological polar surface area (TPSA) is 84.6 Å². The Morgan fingerprint density at radius 3 is 3.18 bits per heavy atom. The summed E-state index contributed by atoms with van der Waals surface area (Å²) in [5, 5.41) is 5.07. The first kappa shape index (κ1) is 13.9. The molecule has 0 aliphatic carbocycles. The van der Waals surface area contributed by atoms with E-state index in [9.17, 15) is 0 Å². The minimum atomic E-state index is 0.529.